The minimum atomic E-state index is -1.36. The zero-order chi connectivity index (χ0) is 8.43. The molecule has 0 aromatic rings. The first-order valence-corrected chi connectivity index (χ1v) is 3.28. The quantitative estimate of drug-likeness (QED) is 0.396. The van der Waals surface area contributed by atoms with Crippen molar-refractivity contribution >= 4 is 6.29 Å². The van der Waals surface area contributed by atoms with Gasteiger partial charge in [0.05, 0.1) is 6.61 Å². The summed E-state index contributed by atoms with van der Waals surface area (Å²) in [6.07, 6.45) is -4.25. The number of hydrogen-bond donors (Lipinski definition) is 3. The van der Waals surface area contributed by atoms with Crippen molar-refractivity contribution in [2.75, 3.05) is 6.61 Å². The van der Waals surface area contributed by atoms with Gasteiger partial charge in [0.15, 0.2) is 6.29 Å². The molecule has 5 heteroatoms. The minimum Gasteiger partial charge on any atom is -0.388 e. The summed E-state index contributed by atoms with van der Waals surface area (Å²) in [6.45, 7) is -0.0449. The highest BCUT2D eigenvalue weighted by Gasteiger charge is 2.38. The summed E-state index contributed by atoms with van der Waals surface area (Å²) in [6, 6.07) is 0. The third-order valence-corrected chi connectivity index (χ3v) is 1.67. The van der Waals surface area contributed by atoms with Gasteiger partial charge in [-0.25, -0.2) is 0 Å². The van der Waals surface area contributed by atoms with Gasteiger partial charge in [-0.2, -0.15) is 0 Å². The van der Waals surface area contributed by atoms with E-state index >= 15 is 0 Å². The first-order chi connectivity index (χ1) is 5.16. The Labute approximate surface area is 63.2 Å². The van der Waals surface area contributed by atoms with Crippen molar-refractivity contribution in [3.05, 3.63) is 0 Å². The van der Waals surface area contributed by atoms with Crippen LogP contribution in [0.4, 0.5) is 0 Å². The monoisotopic (exact) mass is 162 g/mol. The maximum Gasteiger partial charge on any atom is 0.151 e. The highest BCUT2D eigenvalue weighted by atomic mass is 16.5. The molecule has 0 radical (unpaired) electrons. The molecule has 0 aliphatic carbocycles. The van der Waals surface area contributed by atoms with Gasteiger partial charge in [-0.05, 0) is 0 Å². The molecule has 64 valence electrons. The Bertz CT molecular complexity index is 148. The predicted molar refractivity (Wildman–Crippen MR) is 33.8 cm³/mol. The number of aliphatic hydroxyl groups is 3. The molecule has 4 atom stereocenters. The minimum absolute atomic E-state index is 0.0449. The van der Waals surface area contributed by atoms with E-state index in [1.165, 1.54) is 0 Å². The van der Waals surface area contributed by atoms with E-state index in [9.17, 15) is 4.79 Å². The lowest BCUT2D eigenvalue weighted by Gasteiger charge is -2.15. The number of aldehydes is 1. The Hall–Kier alpha value is -0.490. The molecule has 0 unspecified atom stereocenters. The lowest BCUT2D eigenvalue weighted by atomic mass is 10.1. The maximum absolute atomic E-state index is 10.0. The summed E-state index contributed by atoms with van der Waals surface area (Å²) in [4.78, 5) is 10.0. The van der Waals surface area contributed by atoms with E-state index < -0.39 is 24.4 Å². The average molecular weight is 162 g/mol. The van der Waals surface area contributed by atoms with E-state index in [0.717, 1.165) is 0 Å². The zero-order valence-corrected chi connectivity index (χ0v) is 5.75. The lowest BCUT2D eigenvalue weighted by molar-refractivity contribution is -0.124. The summed E-state index contributed by atoms with van der Waals surface area (Å²) >= 11 is 0. The molecular weight excluding hydrogens is 152 g/mol. The number of carbonyl (C=O) groups excluding carboxylic acids is 1. The third kappa shape index (κ3) is 1.57. The fourth-order valence-electron chi connectivity index (χ4n) is 1.00. The molecule has 0 saturated carbocycles. The van der Waals surface area contributed by atoms with Gasteiger partial charge in [0.25, 0.3) is 0 Å². The number of carbonyl (C=O) groups is 1. The van der Waals surface area contributed by atoms with Crippen molar-refractivity contribution in [3.63, 3.8) is 0 Å². The summed E-state index contributed by atoms with van der Waals surface area (Å²) in [5.74, 6) is 0. The highest BCUT2D eigenvalue weighted by molar-refractivity contribution is 5.57. The van der Waals surface area contributed by atoms with Crippen LogP contribution in [0, 0.1) is 0 Å². The molecular formula is C6H10O5. The van der Waals surface area contributed by atoms with Crippen LogP contribution in [0.1, 0.15) is 0 Å². The molecule has 0 aromatic carbocycles. The van der Waals surface area contributed by atoms with Crippen molar-refractivity contribution < 1.29 is 24.9 Å². The van der Waals surface area contributed by atoms with Gasteiger partial charge in [-0.3, -0.25) is 0 Å². The van der Waals surface area contributed by atoms with Gasteiger partial charge >= 0.3 is 0 Å². The fraction of sp³-hybridized carbons (Fsp3) is 0.833. The van der Waals surface area contributed by atoms with Gasteiger partial charge < -0.3 is 24.9 Å². The molecule has 1 fully saturated rings. The van der Waals surface area contributed by atoms with Crippen molar-refractivity contribution in [1.82, 2.24) is 0 Å². The van der Waals surface area contributed by atoms with Crippen molar-refractivity contribution in [1.29, 1.82) is 0 Å². The van der Waals surface area contributed by atoms with Crippen molar-refractivity contribution in [2.45, 2.75) is 24.4 Å². The van der Waals surface area contributed by atoms with Crippen LogP contribution in [0.25, 0.3) is 0 Å². The van der Waals surface area contributed by atoms with Crippen LogP contribution in [0.3, 0.4) is 0 Å². The number of aliphatic hydroxyl groups excluding tert-OH is 3. The predicted octanol–water partition coefficient (Wildman–Crippen LogP) is -2.33. The Kier molecular flexibility index (Phi) is 2.56. The first-order valence-electron chi connectivity index (χ1n) is 3.28. The normalized spacial score (nSPS) is 40.5. The Morgan fingerprint density at radius 2 is 2.18 bits per heavy atom. The summed E-state index contributed by atoms with van der Waals surface area (Å²) in [7, 11) is 0. The molecule has 1 aliphatic rings. The summed E-state index contributed by atoms with van der Waals surface area (Å²) in [5, 5.41) is 26.9. The number of rotatable bonds is 2. The topological polar surface area (TPSA) is 87.0 Å². The smallest absolute Gasteiger partial charge is 0.151 e. The lowest BCUT2D eigenvalue weighted by Crippen LogP contribution is -2.39. The van der Waals surface area contributed by atoms with Crippen molar-refractivity contribution in [2.24, 2.45) is 0 Å². The Balaban J connectivity index is 2.54. The number of ether oxygens (including phenoxy) is 1. The van der Waals surface area contributed by atoms with Gasteiger partial charge in [-0.15, -0.1) is 0 Å². The van der Waals surface area contributed by atoms with Gasteiger partial charge in [-0.1, -0.05) is 0 Å². The molecule has 0 bridgehead atoms. The molecule has 0 aromatic heterocycles. The van der Waals surface area contributed by atoms with E-state index in [2.05, 4.69) is 0 Å². The van der Waals surface area contributed by atoms with E-state index in [4.69, 9.17) is 20.1 Å². The van der Waals surface area contributed by atoms with Crippen LogP contribution in [0.2, 0.25) is 0 Å². The molecule has 5 nitrogen and oxygen atoms in total. The largest absolute Gasteiger partial charge is 0.388 e. The van der Waals surface area contributed by atoms with Crippen molar-refractivity contribution in [3.8, 4) is 0 Å². The van der Waals surface area contributed by atoms with Gasteiger partial charge in [0.1, 0.15) is 24.4 Å². The third-order valence-electron chi connectivity index (χ3n) is 1.67. The second-order valence-corrected chi connectivity index (χ2v) is 2.48. The van der Waals surface area contributed by atoms with E-state index in [-0.39, 0.29) is 12.9 Å². The maximum atomic E-state index is 10.0. The molecule has 0 spiro atoms. The zero-order valence-electron chi connectivity index (χ0n) is 5.75. The fourth-order valence-corrected chi connectivity index (χ4v) is 1.00. The molecule has 0 amide bonds. The molecule has 1 saturated heterocycles. The van der Waals surface area contributed by atoms with Gasteiger partial charge in [0, 0.05) is 0 Å². The first kappa shape index (κ1) is 8.61. The molecule has 1 heterocycles. The van der Waals surface area contributed by atoms with Crippen LogP contribution in [-0.2, 0) is 9.53 Å². The highest BCUT2D eigenvalue weighted by Crippen LogP contribution is 2.16. The van der Waals surface area contributed by atoms with Crippen LogP contribution in [0.15, 0.2) is 0 Å². The molecule has 1 aliphatic heterocycles. The summed E-state index contributed by atoms with van der Waals surface area (Å²) in [5.41, 5.74) is 0. The summed E-state index contributed by atoms with van der Waals surface area (Å²) < 4.78 is 4.75. The van der Waals surface area contributed by atoms with Crippen LogP contribution in [0.5, 0.6) is 0 Å². The molecule has 11 heavy (non-hydrogen) atoms. The van der Waals surface area contributed by atoms with E-state index in [1.54, 1.807) is 0 Å². The van der Waals surface area contributed by atoms with Crippen LogP contribution >= 0.6 is 0 Å². The van der Waals surface area contributed by atoms with E-state index in [1.807, 2.05) is 0 Å². The second-order valence-electron chi connectivity index (χ2n) is 2.48. The van der Waals surface area contributed by atoms with Gasteiger partial charge in [0.2, 0.25) is 0 Å². The Morgan fingerprint density at radius 1 is 1.55 bits per heavy atom. The standard InChI is InChI=1S/C6H10O5/c7-1-3(8)6-5(10)4(9)2-11-6/h1,3-6,8-10H,2H2/t3-,4+,5+,6-/m0/s1. The Morgan fingerprint density at radius 3 is 2.55 bits per heavy atom. The second kappa shape index (κ2) is 3.27. The molecule has 1 rings (SSSR count). The van der Waals surface area contributed by atoms with Crippen LogP contribution < -0.4 is 0 Å². The average Bonchev–Trinajstić information content (AvgIpc) is 2.32. The van der Waals surface area contributed by atoms with E-state index in [0.29, 0.717) is 0 Å². The SMILES string of the molecule is O=C[C@H](O)[C@@H]1OC[C@@H](O)[C@H]1O. The number of hydrogen-bond acceptors (Lipinski definition) is 5. The van der Waals surface area contributed by atoms with Crippen LogP contribution in [-0.4, -0.2) is 52.6 Å². The molecule has 3 N–H and O–H groups in total.